The third-order valence-electron chi connectivity index (χ3n) is 4.25. The second kappa shape index (κ2) is 11.2. The van der Waals surface area contributed by atoms with Crippen LogP contribution in [0, 0.1) is 5.92 Å². The minimum absolute atomic E-state index is 0.0738. The van der Waals surface area contributed by atoms with Crippen LogP contribution in [-0.2, 0) is 21.5 Å². The number of anilines is 1. The molecule has 0 aliphatic carbocycles. The molecule has 32 heavy (non-hydrogen) atoms. The van der Waals surface area contributed by atoms with Crippen molar-refractivity contribution in [2.45, 2.75) is 39.1 Å². The van der Waals surface area contributed by atoms with Crippen molar-refractivity contribution in [1.82, 2.24) is 10.2 Å². The first-order valence-electron chi connectivity index (χ1n) is 10.1. The van der Waals surface area contributed by atoms with E-state index < -0.39 is 10.1 Å². The first-order valence-corrected chi connectivity index (χ1v) is 11.9. The molecule has 0 radical (unpaired) electrons. The molecule has 3 amide bonds. The van der Waals surface area contributed by atoms with Crippen LogP contribution in [0.25, 0.3) is 0 Å². The summed E-state index contributed by atoms with van der Waals surface area (Å²) in [5.41, 5.74) is 0.928. The Morgan fingerprint density at radius 1 is 1.12 bits per heavy atom. The molecule has 0 heterocycles. The summed E-state index contributed by atoms with van der Waals surface area (Å²) in [7, 11) is -4.16. The van der Waals surface area contributed by atoms with E-state index >= 15 is 0 Å². The van der Waals surface area contributed by atoms with Crippen LogP contribution in [0.3, 0.4) is 0 Å². The molecule has 2 aromatic carbocycles. The molecule has 0 aromatic heterocycles. The maximum atomic E-state index is 12.8. The minimum Gasteiger partial charge on any atom is -0.379 e. The van der Waals surface area contributed by atoms with Crippen molar-refractivity contribution < 1.29 is 22.2 Å². The number of hydrogen-bond acceptors (Lipinski definition) is 5. The van der Waals surface area contributed by atoms with Crippen LogP contribution in [0.5, 0.6) is 5.75 Å². The molecule has 8 nitrogen and oxygen atoms in total. The standard InChI is InChI=1S/C22H28ClN3O5S/c1-5-24-22(28)26(13-15(2)3)14-17-12-18(23)6-11-21(17)31-32(29,30)20-9-7-19(8-10-20)25-16(4)27/h6-12,15H,5,13-14H2,1-4H3,(H,24,28)(H,25,27). The second-order valence-electron chi connectivity index (χ2n) is 7.60. The Morgan fingerprint density at radius 2 is 1.78 bits per heavy atom. The number of benzene rings is 2. The van der Waals surface area contributed by atoms with Crippen molar-refractivity contribution >= 4 is 39.3 Å². The van der Waals surface area contributed by atoms with Crippen LogP contribution in [0.15, 0.2) is 47.4 Å². The zero-order chi connectivity index (χ0) is 23.9. The van der Waals surface area contributed by atoms with Gasteiger partial charge >= 0.3 is 16.1 Å². The summed E-state index contributed by atoms with van der Waals surface area (Å²) in [5, 5.41) is 5.73. The van der Waals surface area contributed by atoms with Gasteiger partial charge in [-0.2, -0.15) is 8.42 Å². The quantitative estimate of drug-likeness (QED) is 0.521. The minimum atomic E-state index is -4.16. The van der Waals surface area contributed by atoms with Crippen LogP contribution in [0.1, 0.15) is 33.3 Å². The maximum Gasteiger partial charge on any atom is 0.339 e. The average Bonchev–Trinajstić information content (AvgIpc) is 2.69. The van der Waals surface area contributed by atoms with Crippen LogP contribution >= 0.6 is 11.6 Å². The Morgan fingerprint density at radius 3 is 2.34 bits per heavy atom. The summed E-state index contributed by atoms with van der Waals surface area (Å²) < 4.78 is 31.1. The number of rotatable bonds is 9. The fourth-order valence-corrected chi connectivity index (χ4v) is 4.12. The van der Waals surface area contributed by atoms with Crippen molar-refractivity contribution in [3.05, 3.63) is 53.1 Å². The van der Waals surface area contributed by atoms with Gasteiger partial charge in [0.1, 0.15) is 10.6 Å². The fourth-order valence-electron chi connectivity index (χ4n) is 2.96. The average molecular weight is 482 g/mol. The summed E-state index contributed by atoms with van der Waals surface area (Å²) in [6.07, 6.45) is 0. The molecule has 0 fully saturated rings. The van der Waals surface area contributed by atoms with E-state index in [2.05, 4.69) is 10.6 Å². The molecule has 0 aliphatic rings. The topological polar surface area (TPSA) is 105 Å². The first-order chi connectivity index (χ1) is 15.0. The first kappa shape index (κ1) is 25.5. The predicted molar refractivity (Wildman–Crippen MR) is 124 cm³/mol. The Bertz CT molecular complexity index is 1060. The summed E-state index contributed by atoms with van der Waals surface area (Å²) >= 11 is 6.14. The van der Waals surface area contributed by atoms with Crippen LogP contribution in [0.4, 0.5) is 10.5 Å². The third-order valence-corrected chi connectivity index (χ3v) is 5.73. The Hall–Kier alpha value is -2.78. The van der Waals surface area contributed by atoms with E-state index in [-0.39, 0.29) is 35.0 Å². The molecule has 0 aliphatic heterocycles. The second-order valence-corrected chi connectivity index (χ2v) is 9.59. The Labute approximate surface area is 194 Å². The molecule has 0 saturated carbocycles. The molecule has 174 valence electrons. The number of halogens is 1. The van der Waals surface area contributed by atoms with Crippen LogP contribution < -0.4 is 14.8 Å². The molecular weight excluding hydrogens is 454 g/mol. The molecule has 2 N–H and O–H groups in total. The summed E-state index contributed by atoms with van der Waals surface area (Å²) in [6, 6.07) is 9.94. The maximum absolute atomic E-state index is 12.8. The van der Waals surface area contributed by atoms with E-state index in [1.807, 2.05) is 20.8 Å². The number of carbonyl (C=O) groups excluding carboxylic acids is 2. The van der Waals surface area contributed by atoms with Crippen molar-refractivity contribution in [3.63, 3.8) is 0 Å². The summed E-state index contributed by atoms with van der Waals surface area (Å²) in [4.78, 5) is 25.1. The lowest BCUT2D eigenvalue weighted by atomic mass is 10.1. The van der Waals surface area contributed by atoms with Gasteiger partial charge in [0, 0.05) is 36.3 Å². The number of nitrogens with zero attached hydrogens (tertiary/aromatic N) is 1. The molecule has 2 aromatic rings. The van der Waals surface area contributed by atoms with Crippen molar-refractivity contribution in [2.75, 3.05) is 18.4 Å². The normalized spacial score (nSPS) is 11.2. The van der Waals surface area contributed by atoms with E-state index in [0.717, 1.165) is 0 Å². The highest BCUT2D eigenvalue weighted by molar-refractivity contribution is 7.87. The zero-order valence-corrected chi connectivity index (χ0v) is 20.1. The third kappa shape index (κ3) is 7.42. The molecule has 0 unspecified atom stereocenters. The van der Waals surface area contributed by atoms with Crippen molar-refractivity contribution in [1.29, 1.82) is 0 Å². The summed E-state index contributed by atoms with van der Waals surface area (Å²) in [5.74, 6) is 0.0196. The van der Waals surface area contributed by atoms with Gasteiger partial charge in [-0.25, -0.2) is 4.79 Å². The van der Waals surface area contributed by atoms with Gasteiger partial charge in [0.25, 0.3) is 0 Å². The van der Waals surface area contributed by atoms with Gasteiger partial charge < -0.3 is 19.7 Å². The molecule has 0 bridgehead atoms. The van der Waals surface area contributed by atoms with E-state index in [9.17, 15) is 18.0 Å². The zero-order valence-electron chi connectivity index (χ0n) is 18.5. The highest BCUT2D eigenvalue weighted by atomic mass is 35.5. The van der Waals surface area contributed by atoms with E-state index in [4.69, 9.17) is 15.8 Å². The lowest BCUT2D eigenvalue weighted by Gasteiger charge is -2.25. The lowest BCUT2D eigenvalue weighted by molar-refractivity contribution is -0.114. The monoisotopic (exact) mass is 481 g/mol. The van der Waals surface area contributed by atoms with Crippen LogP contribution in [0.2, 0.25) is 5.02 Å². The number of urea groups is 1. The Balaban J connectivity index is 2.31. The van der Waals surface area contributed by atoms with Gasteiger partial charge in [-0.3, -0.25) is 4.79 Å². The molecule has 0 saturated heterocycles. The SMILES string of the molecule is CCNC(=O)N(Cc1cc(Cl)ccc1OS(=O)(=O)c1ccc(NC(C)=O)cc1)CC(C)C. The lowest BCUT2D eigenvalue weighted by Crippen LogP contribution is -2.41. The van der Waals surface area contributed by atoms with Gasteiger partial charge in [-0.1, -0.05) is 25.4 Å². The van der Waals surface area contributed by atoms with Crippen molar-refractivity contribution in [3.8, 4) is 5.75 Å². The number of amides is 3. The molecular formula is C22H28ClN3O5S. The van der Waals surface area contributed by atoms with Crippen LogP contribution in [-0.4, -0.2) is 38.3 Å². The molecule has 0 spiro atoms. The van der Waals surface area contributed by atoms with Gasteiger partial charge in [-0.05, 0) is 55.3 Å². The Kier molecular flexibility index (Phi) is 8.91. The molecule has 2 rings (SSSR count). The largest absolute Gasteiger partial charge is 0.379 e. The van der Waals surface area contributed by atoms with Gasteiger partial charge in [0.05, 0.1) is 6.54 Å². The molecule has 10 heteroatoms. The highest BCUT2D eigenvalue weighted by Crippen LogP contribution is 2.28. The number of hydrogen-bond donors (Lipinski definition) is 2. The van der Waals surface area contributed by atoms with E-state index in [0.29, 0.717) is 29.4 Å². The predicted octanol–water partition coefficient (Wildman–Crippen LogP) is 4.25. The number of carbonyl (C=O) groups is 2. The van der Waals surface area contributed by atoms with Gasteiger partial charge in [0.2, 0.25) is 5.91 Å². The highest BCUT2D eigenvalue weighted by Gasteiger charge is 2.22. The van der Waals surface area contributed by atoms with E-state index in [1.165, 1.54) is 43.3 Å². The van der Waals surface area contributed by atoms with E-state index in [1.54, 1.807) is 11.0 Å². The van der Waals surface area contributed by atoms with Gasteiger partial charge in [-0.15, -0.1) is 0 Å². The smallest absolute Gasteiger partial charge is 0.339 e. The molecule has 0 atom stereocenters. The fraction of sp³-hybridized carbons (Fsp3) is 0.364. The van der Waals surface area contributed by atoms with Crippen molar-refractivity contribution in [2.24, 2.45) is 5.92 Å². The summed E-state index contributed by atoms with van der Waals surface area (Å²) in [6.45, 7) is 8.21. The van der Waals surface area contributed by atoms with Gasteiger partial charge in [0.15, 0.2) is 0 Å². The number of nitrogens with one attached hydrogen (secondary N) is 2.